The molecule has 104 valence electrons. The molecule has 0 N–H and O–H groups in total. The Morgan fingerprint density at radius 2 is 1.75 bits per heavy atom. The van der Waals surface area contributed by atoms with Gasteiger partial charge in [0, 0.05) is 12.2 Å². The highest BCUT2D eigenvalue weighted by atomic mass is 16.2. The van der Waals surface area contributed by atoms with Gasteiger partial charge < -0.3 is 0 Å². The maximum atomic E-state index is 11.8. The van der Waals surface area contributed by atoms with Crippen LogP contribution in [-0.4, -0.2) is 16.7 Å². The molecule has 1 aliphatic carbocycles. The zero-order valence-corrected chi connectivity index (χ0v) is 12.1. The molecule has 3 heteroatoms. The third kappa shape index (κ3) is 1.98. The fourth-order valence-electron chi connectivity index (χ4n) is 3.05. The highest BCUT2D eigenvalue weighted by Gasteiger charge is 2.36. The number of benzene rings is 1. The third-order valence-corrected chi connectivity index (χ3v) is 4.21. The highest BCUT2D eigenvalue weighted by molar-refractivity contribution is 6.13. The Labute approximate surface area is 119 Å². The Bertz CT molecular complexity index is 604. The van der Waals surface area contributed by atoms with Crippen molar-refractivity contribution in [3.05, 3.63) is 47.0 Å². The molecule has 1 aromatic rings. The maximum absolute atomic E-state index is 11.8. The molecule has 3 rings (SSSR count). The monoisotopic (exact) mass is 269 g/mol. The Hall–Kier alpha value is -1.90. The van der Waals surface area contributed by atoms with E-state index in [1.807, 2.05) is 0 Å². The molecule has 0 spiro atoms. The van der Waals surface area contributed by atoms with Crippen LogP contribution in [0.25, 0.3) is 0 Å². The van der Waals surface area contributed by atoms with Gasteiger partial charge in [0.25, 0.3) is 11.8 Å². The summed E-state index contributed by atoms with van der Waals surface area (Å²) in [6.45, 7) is 6.58. The van der Waals surface area contributed by atoms with E-state index in [0.717, 1.165) is 18.4 Å². The van der Waals surface area contributed by atoms with E-state index in [1.54, 1.807) is 0 Å². The van der Waals surface area contributed by atoms with Crippen LogP contribution in [-0.2, 0) is 21.4 Å². The van der Waals surface area contributed by atoms with Gasteiger partial charge in [0.1, 0.15) is 0 Å². The molecule has 0 radical (unpaired) electrons. The molecule has 1 heterocycles. The van der Waals surface area contributed by atoms with Crippen molar-refractivity contribution >= 4 is 11.8 Å². The van der Waals surface area contributed by atoms with Crippen molar-refractivity contribution in [2.45, 2.75) is 45.1 Å². The van der Waals surface area contributed by atoms with Crippen LogP contribution in [0.4, 0.5) is 0 Å². The van der Waals surface area contributed by atoms with Crippen LogP contribution in [0.3, 0.4) is 0 Å². The predicted octanol–water partition coefficient (Wildman–Crippen LogP) is 2.90. The number of rotatable bonds is 1. The summed E-state index contributed by atoms with van der Waals surface area (Å²) >= 11 is 0. The van der Waals surface area contributed by atoms with Crippen LogP contribution in [0.2, 0.25) is 0 Å². The lowest BCUT2D eigenvalue weighted by atomic mass is 9.85. The molecule has 2 amide bonds. The van der Waals surface area contributed by atoms with Crippen molar-refractivity contribution in [2.24, 2.45) is 0 Å². The number of aryl methyl sites for hydroxylation is 1. The maximum Gasteiger partial charge on any atom is 0.254 e. The number of fused-ring (bicyclic) bond motifs is 1. The van der Waals surface area contributed by atoms with Crippen molar-refractivity contribution in [3.63, 3.8) is 0 Å². The normalized spacial score (nSPS) is 21.8. The molecule has 1 atom stereocenters. The standard InChI is InChI=1S/C17H19NO2/c1-17(2,3)12-5-6-13-11(10-12)4-7-14(13)18-15(19)8-9-16(18)20/h5-6,8-10,14H,4,7H2,1-3H3/t14-/m0/s1. The number of amides is 2. The second-order valence-corrected chi connectivity index (χ2v) is 6.60. The van der Waals surface area contributed by atoms with E-state index in [1.165, 1.54) is 28.2 Å². The average molecular weight is 269 g/mol. The number of hydrogen-bond acceptors (Lipinski definition) is 2. The van der Waals surface area contributed by atoms with Crippen LogP contribution >= 0.6 is 0 Å². The second-order valence-electron chi connectivity index (χ2n) is 6.60. The van der Waals surface area contributed by atoms with E-state index in [9.17, 15) is 9.59 Å². The van der Waals surface area contributed by atoms with Gasteiger partial charge in [0.15, 0.2) is 0 Å². The summed E-state index contributed by atoms with van der Waals surface area (Å²) in [6.07, 6.45) is 4.50. The smallest absolute Gasteiger partial charge is 0.254 e. The van der Waals surface area contributed by atoms with Gasteiger partial charge in [-0.3, -0.25) is 14.5 Å². The topological polar surface area (TPSA) is 37.4 Å². The molecule has 20 heavy (non-hydrogen) atoms. The summed E-state index contributed by atoms with van der Waals surface area (Å²) in [5, 5.41) is 0. The van der Waals surface area contributed by atoms with Crippen molar-refractivity contribution < 1.29 is 9.59 Å². The summed E-state index contributed by atoms with van der Waals surface area (Å²) in [4.78, 5) is 25.0. The number of carbonyl (C=O) groups is 2. The fraction of sp³-hybridized carbons (Fsp3) is 0.412. The number of nitrogens with zero attached hydrogens (tertiary/aromatic N) is 1. The van der Waals surface area contributed by atoms with Crippen LogP contribution in [0.15, 0.2) is 30.4 Å². The largest absolute Gasteiger partial charge is 0.269 e. The molecule has 0 saturated heterocycles. The average Bonchev–Trinajstić information content (AvgIpc) is 2.92. The molecule has 0 fully saturated rings. The number of hydrogen-bond donors (Lipinski definition) is 0. The summed E-state index contributed by atoms with van der Waals surface area (Å²) < 4.78 is 0. The van der Waals surface area contributed by atoms with Crippen LogP contribution in [0, 0.1) is 0 Å². The Morgan fingerprint density at radius 1 is 1.10 bits per heavy atom. The molecule has 0 aromatic heterocycles. The summed E-state index contributed by atoms with van der Waals surface area (Å²) in [5.41, 5.74) is 3.82. The molecule has 2 aliphatic rings. The van der Waals surface area contributed by atoms with Crippen molar-refractivity contribution in [2.75, 3.05) is 0 Å². The second kappa shape index (κ2) is 4.30. The minimum absolute atomic E-state index is 0.0889. The van der Waals surface area contributed by atoms with Gasteiger partial charge in [-0.1, -0.05) is 39.0 Å². The van der Waals surface area contributed by atoms with E-state index >= 15 is 0 Å². The molecular formula is C17H19NO2. The first kappa shape index (κ1) is 13.1. The molecule has 0 bridgehead atoms. The summed E-state index contributed by atoms with van der Waals surface area (Å²) in [5.74, 6) is -0.375. The first-order chi connectivity index (χ1) is 9.38. The van der Waals surface area contributed by atoms with Gasteiger partial charge in [-0.2, -0.15) is 0 Å². The Kier molecular flexibility index (Phi) is 2.82. The third-order valence-electron chi connectivity index (χ3n) is 4.21. The zero-order chi connectivity index (χ0) is 14.5. The van der Waals surface area contributed by atoms with Gasteiger partial charge in [-0.25, -0.2) is 0 Å². The van der Waals surface area contributed by atoms with E-state index in [2.05, 4.69) is 39.0 Å². The van der Waals surface area contributed by atoms with Gasteiger partial charge in [-0.15, -0.1) is 0 Å². The van der Waals surface area contributed by atoms with E-state index in [0.29, 0.717) is 0 Å². The first-order valence-electron chi connectivity index (χ1n) is 7.06. The molecule has 0 unspecified atom stereocenters. The van der Waals surface area contributed by atoms with Gasteiger partial charge in [0.05, 0.1) is 6.04 Å². The SMILES string of the molecule is CC(C)(C)c1ccc2c(c1)CC[C@@H]2N1C(=O)C=CC1=O. The van der Waals surface area contributed by atoms with Gasteiger partial charge in [0.2, 0.25) is 0 Å². The summed E-state index contributed by atoms with van der Waals surface area (Å²) in [7, 11) is 0. The summed E-state index contributed by atoms with van der Waals surface area (Å²) in [6, 6.07) is 6.35. The van der Waals surface area contributed by atoms with Crippen molar-refractivity contribution in [1.29, 1.82) is 0 Å². The molecular weight excluding hydrogens is 250 g/mol. The lowest BCUT2D eigenvalue weighted by Gasteiger charge is -2.24. The number of imide groups is 1. The Balaban J connectivity index is 1.96. The van der Waals surface area contributed by atoms with E-state index < -0.39 is 0 Å². The van der Waals surface area contributed by atoms with E-state index in [-0.39, 0.29) is 23.3 Å². The molecule has 1 aliphatic heterocycles. The minimum Gasteiger partial charge on any atom is -0.269 e. The lowest BCUT2D eigenvalue weighted by Crippen LogP contribution is -2.33. The van der Waals surface area contributed by atoms with Crippen molar-refractivity contribution in [1.82, 2.24) is 4.90 Å². The fourth-order valence-corrected chi connectivity index (χ4v) is 3.05. The Morgan fingerprint density at radius 3 is 2.35 bits per heavy atom. The van der Waals surface area contributed by atoms with Crippen LogP contribution in [0.5, 0.6) is 0 Å². The van der Waals surface area contributed by atoms with E-state index in [4.69, 9.17) is 0 Å². The molecule has 0 saturated carbocycles. The minimum atomic E-state index is -0.187. The van der Waals surface area contributed by atoms with Crippen molar-refractivity contribution in [3.8, 4) is 0 Å². The van der Waals surface area contributed by atoms with Crippen LogP contribution < -0.4 is 0 Å². The number of carbonyl (C=O) groups excluding carboxylic acids is 2. The van der Waals surface area contributed by atoms with Gasteiger partial charge >= 0.3 is 0 Å². The first-order valence-corrected chi connectivity index (χ1v) is 7.06. The van der Waals surface area contributed by atoms with Crippen LogP contribution in [0.1, 0.15) is 49.9 Å². The van der Waals surface area contributed by atoms with Gasteiger partial charge in [-0.05, 0) is 34.9 Å². The highest BCUT2D eigenvalue weighted by Crippen LogP contribution is 2.39. The predicted molar refractivity (Wildman–Crippen MR) is 77.2 cm³/mol. The zero-order valence-electron chi connectivity index (χ0n) is 12.1. The molecule has 3 nitrogen and oxygen atoms in total. The molecule has 1 aromatic carbocycles. The quantitative estimate of drug-likeness (QED) is 0.735. The lowest BCUT2D eigenvalue weighted by molar-refractivity contribution is -0.139.